The topological polar surface area (TPSA) is 192 Å². The summed E-state index contributed by atoms with van der Waals surface area (Å²) in [5.41, 5.74) is 7.49. The van der Waals surface area contributed by atoms with Crippen molar-refractivity contribution in [2.45, 2.75) is 50.4 Å². The monoisotopic (exact) mass is 600 g/mol. The minimum atomic E-state index is -1.01. The van der Waals surface area contributed by atoms with Crippen LogP contribution in [0.4, 0.5) is 0 Å². The smallest absolute Gasteiger partial charge is 0.243 e. The van der Waals surface area contributed by atoms with Gasteiger partial charge < -0.3 is 37.4 Å². The van der Waals surface area contributed by atoms with Crippen molar-refractivity contribution in [3.8, 4) is 5.75 Å². The Morgan fingerprint density at radius 3 is 2.07 bits per heavy atom. The Labute approximate surface area is 250 Å². The van der Waals surface area contributed by atoms with E-state index in [1.165, 1.54) is 26.1 Å². The maximum absolute atomic E-state index is 13.2. The molecular weight excluding hydrogens is 560 g/mol. The van der Waals surface area contributed by atoms with Crippen molar-refractivity contribution in [3.05, 3.63) is 65.7 Å². The second-order valence-electron chi connectivity index (χ2n) is 9.69. The first-order chi connectivity index (χ1) is 20.0. The summed E-state index contributed by atoms with van der Waals surface area (Å²) in [7, 11) is 1.49. The predicted molar refractivity (Wildman–Crippen MR) is 161 cm³/mol. The first-order valence-corrected chi connectivity index (χ1v) is 14.9. The van der Waals surface area contributed by atoms with Crippen LogP contribution in [-0.4, -0.2) is 84.4 Å². The molecule has 228 valence electrons. The molecule has 5 amide bonds. The molecule has 2 rings (SSSR count). The molecule has 0 spiro atoms. The summed E-state index contributed by atoms with van der Waals surface area (Å²) in [4.78, 5) is 63.3. The van der Waals surface area contributed by atoms with Crippen LogP contribution in [0.3, 0.4) is 0 Å². The molecule has 0 saturated carbocycles. The number of rotatable bonds is 16. The molecule has 0 fully saturated rings. The Hall–Kier alpha value is -4.10. The van der Waals surface area contributed by atoms with Gasteiger partial charge in [0.2, 0.25) is 29.5 Å². The summed E-state index contributed by atoms with van der Waals surface area (Å²) in [6.07, 6.45) is 2.68. The van der Waals surface area contributed by atoms with Crippen LogP contribution in [-0.2, 0) is 36.8 Å². The molecule has 42 heavy (non-hydrogen) atoms. The maximum Gasteiger partial charge on any atom is 0.243 e. The summed E-state index contributed by atoms with van der Waals surface area (Å²) < 4.78 is 0. The number of phenolic OH excluding ortho intramolecular Hbond substituents is 1. The second-order valence-corrected chi connectivity index (χ2v) is 10.7. The fourth-order valence-electron chi connectivity index (χ4n) is 3.94. The minimum Gasteiger partial charge on any atom is -0.508 e. The van der Waals surface area contributed by atoms with Crippen LogP contribution in [0.5, 0.6) is 5.75 Å². The van der Waals surface area contributed by atoms with E-state index < -0.39 is 54.3 Å². The van der Waals surface area contributed by atoms with Crippen LogP contribution < -0.4 is 32.3 Å². The Morgan fingerprint density at radius 1 is 0.810 bits per heavy atom. The van der Waals surface area contributed by atoms with Crippen molar-refractivity contribution >= 4 is 41.3 Å². The summed E-state index contributed by atoms with van der Waals surface area (Å²) in [6, 6.07) is 11.7. The van der Waals surface area contributed by atoms with Gasteiger partial charge in [-0.25, -0.2) is 0 Å². The predicted octanol–water partition coefficient (Wildman–Crippen LogP) is -0.406. The number of aromatic hydroxyl groups is 1. The van der Waals surface area contributed by atoms with Gasteiger partial charge in [0.25, 0.3) is 0 Å². The third-order valence-electron chi connectivity index (χ3n) is 6.33. The lowest BCUT2D eigenvalue weighted by Crippen LogP contribution is -2.56. The normalized spacial score (nSPS) is 13.5. The summed E-state index contributed by atoms with van der Waals surface area (Å²) in [6.45, 7) is 1.01. The summed E-state index contributed by atoms with van der Waals surface area (Å²) in [5, 5.41) is 22.3. The molecule has 0 heterocycles. The van der Waals surface area contributed by atoms with Crippen LogP contribution in [0.15, 0.2) is 54.6 Å². The van der Waals surface area contributed by atoms with E-state index in [2.05, 4.69) is 26.6 Å². The largest absolute Gasteiger partial charge is 0.508 e. The number of thioether (sulfide) groups is 1. The van der Waals surface area contributed by atoms with Crippen molar-refractivity contribution in [1.82, 2.24) is 26.6 Å². The zero-order valence-electron chi connectivity index (χ0n) is 24.0. The molecule has 8 N–H and O–H groups in total. The summed E-state index contributed by atoms with van der Waals surface area (Å²) in [5.74, 6) is -1.92. The quantitative estimate of drug-likeness (QED) is 0.135. The van der Waals surface area contributed by atoms with Gasteiger partial charge in [-0.15, -0.1) is 0 Å². The average Bonchev–Trinajstić information content (AvgIpc) is 2.98. The number of carbonyl (C=O) groups is 5. The Kier molecular flexibility index (Phi) is 14.3. The Balaban J connectivity index is 1.95. The SMILES string of the molecule is CNC(=O)[C@H](CCSC)NC(=O)[C@H](Cc1ccccc1)NC(=O)CNC(=O)[C@@H](C)NC(=O)[C@@H](N)Cc1ccc(O)cc1. The molecule has 0 bridgehead atoms. The van der Waals surface area contributed by atoms with Crippen LogP contribution in [0.2, 0.25) is 0 Å². The number of nitrogens with two attached hydrogens (primary N) is 1. The summed E-state index contributed by atoms with van der Waals surface area (Å²) >= 11 is 1.54. The standard InChI is InChI=1S/C29H40N6O6S/c1-18(33-27(39)22(30)15-20-9-11-21(36)12-10-20)26(38)32-17-25(37)34-24(16-19-7-5-4-6-8-19)29(41)35-23(13-14-42-3)28(40)31-2/h4-12,18,22-24,36H,13-17,30H2,1-3H3,(H,31,40)(H,32,38)(H,33,39)(H,34,37)(H,35,41)/t18-,22+,23+,24+/m1/s1. The van der Waals surface area contributed by atoms with Crippen molar-refractivity contribution in [1.29, 1.82) is 0 Å². The van der Waals surface area contributed by atoms with Crippen molar-refractivity contribution in [2.24, 2.45) is 5.73 Å². The van der Waals surface area contributed by atoms with Gasteiger partial charge in [0, 0.05) is 13.5 Å². The minimum absolute atomic E-state index is 0.0948. The molecule has 0 aliphatic heterocycles. The first kappa shape index (κ1) is 34.1. The van der Waals surface area contributed by atoms with E-state index in [1.54, 1.807) is 23.9 Å². The van der Waals surface area contributed by atoms with Crippen LogP contribution >= 0.6 is 11.8 Å². The van der Waals surface area contributed by atoms with Crippen molar-refractivity contribution < 1.29 is 29.1 Å². The lowest BCUT2D eigenvalue weighted by Gasteiger charge is -2.23. The highest BCUT2D eigenvalue weighted by molar-refractivity contribution is 7.98. The van der Waals surface area contributed by atoms with Gasteiger partial charge in [0.15, 0.2) is 0 Å². The highest BCUT2D eigenvalue weighted by atomic mass is 32.2. The second kappa shape index (κ2) is 17.7. The molecule has 2 aromatic rings. The van der Waals surface area contributed by atoms with E-state index in [-0.39, 0.29) is 24.5 Å². The van der Waals surface area contributed by atoms with Gasteiger partial charge in [-0.3, -0.25) is 24.0 Å². The molecule has 0 saturated heterocycles. The van der Waals surface area contributed by atoms with Gasteiger partial charge in [0.1, 0.15) is 23.9 Å². The number of benzene rings is 2. The molecular formula is C29H40N6O6S. The van der Waals surface area contributed by atoms with Crippen LogP contribution in [0.1, 0.15) is 24.5 Å². The highest BCUT2D eigenvalue weighted by Gasteiger charge is 2.27. The highest BCUT2D eigenvalue weighted by Crippen LogP contribution is 2.11. The zero-order chi connectivity index (χ0) is 31.1. The number of phenols is 1. The van der Waals surface area contributed by atoms with Crippen molar-refractivity contribution in [3.63, 3.8) is 0 Å². The molecule has 0 radical (unpaired) electrons. The fourth-order valence-corrected chi connectivity index (χ4v) is 4.41. The average molecular weight is 601 g/mol. The van der Waals surface area contributed by atoms with E-state index in [4.69, 9.17) is 5.73 Å². The number of amides is 5. The molecule has 0 unspecified atom stereocenters. The van der Waals surface area contributed by atoms with Crippen LogP contribution in [0, 0.1) is 0 Å². The third-order valence-corrected chi connectivity index (χ3v) is 6.97. The van der Waals surface area contributed by atoms with Crippen molar-refractivity contribution in [2.75, 3.05) is 25.6 Å². The first-order valence-electron chi connectivity index (χ1n) is 13.5. The van der Waals surface area contributed by atoms with Gasteiger partial charge in [0.05, 0.1) is 12.6 Å². The lowest BCUT2D eigenvalue weighted by atomic mass is 10.0. The van der Waals surface area contributed by atoms with Gasteiger partial charge in [-0.05, 0) is 55.0 Å². The number of hydrogen-bond donors (Lipinski definition) is 7. The number of hydrogen-bond acceptors (Lipinski definition) is 8. The Morgan fingerprint density at radius 2 is 1.45 bits per heavy atom. The number of likely N-dealkylation sites (N-methyl/N-ethyl adjacent to an activating group) is 1. The Bertz CT molecular complexity index is 1200. The van der Waals surface area contributed by atoms with Gasteiger partial charge in [-0.2, -0.15) is 11.8 Å². The zero-order valence-corrected chi connectivity index (χ0v) is 24.8. The molecule has 0 aliphatic carbocycles. The number of carbonyl (C=O) groups excluding carboxylic acids is 5. The fraction of sp³-hybridized carbons (Fsp3) is 0.414. The molecule has 4 atom stereocenters. The molecule has 0 aliphatic rings. The van der Waals surface area contributed by atoms with E-state index in [1.807, 2.05) is 36.6 Å². The molecule has 0 aromatic heterocycles. The lowest BCUT2D eigenvalue weighted by molar-refractivity contribution is -0.132. The van der Waals surface area contributed by atoms with Gasteiger partial charge in [-0.1, -0.05) is 42.5 Å². The van der Waals surface area contributed by atoms with Gasteiger partial charge >= 0.3 is 0 Å². The van der Waals surface area contributed by atoms with Crippen LogP contribution in [0.25, 0.3) is 0 Å². The van der Waals surface area contributed by atoms with E-state index in [0.717, 1.165) is 11.1 Å². The number of nitrogens with one attached hydrogen (secondary N) is 5. The third kappa shape index (κ3) is 11.8. The molecule has 12 nitrogen and oxygen atoms in total. The van der Waals surface area contributed by atoms with E-state index in [0.29, 0.717) is 12.2 Å². The van der Waals surface area contributed by atoms with E-state index in [9.17, 15) is 29.1 Å². The molecule has 2 aromatic carbocycles. The van der Waals surface area contributed by atoms with E-state index >= 15 is 0 Å². The maximum atomic E-state index is 13.2. The molecule has 13 heteroatoms.